The van der Waals surface area contributed by atoms with Crippen LogP contribution in [0.5, 0.6) is 0 Å². The zero-order valence-electron chi connectivity index (χ0n) is 10.1. The quantitative estimate of drug-likeness (QED) is 0.833. The summed E-state index contributed by atoms with van der Waals surface area (Å²) in [5, 5.41) is 3.51. The lowest BCUT2D eigenvalue weighted by molar-refractivity contribution is 0.544. The Bertz CT molecular complexity index is 306. The van der Waals surface area contributed by atoms with E-state index in [0.717, 1.165) is 19.0 Å². The second kappa shape index (κ2) is 5.25. The van der Waals surface area contributed by atoms with Crippen LogP contribution in [-0.4, -0.2) is 35.1 Å². The number of hydrogen-bond acceptors (Lipinski definition) is 4. The summed E-state index contributed by atoms with van der Waals surface area (Å²) in [5.74, 6) is 0.839. The van der Waals surface area contributed by atoms with Crippen molar-refractivity contribution in [2.75, 3.05) is 18.0 Å². The summed E-state index contributed by atoms with van der Waals surface area (Å²) in [5.41, 5.74) is 0. The molecule has 1 fully saturated rings. The van der Waals surface area contributed by atoms with Crippen LogP contribution >= 0.6 is 0 Å². The SMILES string of the molecule is CC(C)N(CC1CCCN1)c1ncccn1. The van der Waals surface area contributed by atoms with Crippen LogP contribution in [0.1, 0.15) is 26.7 Å². The third-order valence-corrected chi connectivity index (χ3v) is 3.01. The number of rotatable bonds is 4. The van der Waals surface area contributed by atoms with Crippen molar-refractivity contribution in [3.05, 3.63) is 18.5 Å². The lowest BCUT2D eigenvalue weighted by Gasteiger charge is -2.29. The van der Waals surface area contributed by atoms with Crippen LogP contribution in [0.2, 0.25) is 0 Å². The van der Waals surface area contributed by atoms with Crippen LogP contribution in [0.15, 0.2) is 18.5 Å². The lowest BCUT2D eigenvalue weighted by Crippen LogP contribution is -2.42. The second-order valence-corrected chi connectivity index (χ2v) is 4.59. The van der Waals surface area contributed by atoms with Crippen LogP contribution in [0, 0.1) is 0 Å². The molecule has 0 radical (unpaired) electrons. The molecule has 0 aromatic carbocycles. The van der Waals surface area contributed by atoms with Gasteiger partial charge in [-0.15, -0.1) is 0 Å². The van der Waals surface area contributed by atoms with Crippen molar-refractivity contribution in [3.63, 3.8) is 0 Å². The van der Waals surface area contributed by atoms with Gasteiger partial charge < -0.3 is 10.2 Å². The number of aromatic nitrogens is 2. The molecule has 1 aromatic heterocycles. The summed E-state index contributed by atoms with van der Waals surface area (Å²) in [4.78, 5) is 10.9. The molecule has 16 heavy (non-hydrogen) atoms. The molecule has 1 aliphatic rings. The number of anilines is 1. The first kappa shape index (κ1) is 11.3. The van der Waals surface area contributed by atoms with Gasteiger partial charge in [-0.1, -0.05) is 0 Å². The van der Waals surface area contributed by atoms with Crippen molar-refractivity contribution >= 4 is 5.95 Å². The van der Waals surface area contributed by atoms with Gasteiger partial charge in [0.2, 0.25) is 5.95 Å². The zero-order chi connectivity index (χ0) is 11.4. The maximum atomic E-state index is 4.33. The van der Waals surface area contributed by atoms with Crippen LogP contribution in [0.25, 0.3) is 0 Å². The largest absolute Gasteiger partial charge is 0.337 e. The van der Waals surface area contributed by atoms with Gasteiger partial charge in [0.15, 0.2) is 0 Å². The minimum absolute atomic E-state index is 0.435. The van der Waals surface area contributed by atoms with Crippen LogP contribution in [-0.2, 0) is 0 Å². The number of nitrogens with one attached hydrogen (secondary N) is 1. The van der Waals surface area contributed by atoms with E-state index in [9.17, 15) is 0 Å². The average Bonchev–Trinajstić information content (AvgIpc) is 2.79. The smallest absolute Gasteiger partial charge is 0.225 e. The van der Waals surface area contributed by atoms with Crippen LogP contribution < -0.4 is 10.2 Å². The monoisotopic (exact) mass is 220 g/mol. The predicted molar refractivity (Wildman–Crippen MR) is 65.5 cm³/mol. The maximum Gasteiger partial charge on any atom is 0.225 e. The normalized spacial score (nSPS) is 20.3. The fourth-order valence-electron chi connectivity index (χ4n) is 2.11. The molecule has 1 aromatic rings. The van der Waals surface area contributed by atoms with E-state index in [1.54, 1.807) is 12.4 Å². The molecule has 4 heteroatoms. The minimum atomic E-state index is 0.435. The predicted octanol–water partition coefficient (Wildman–Crippen LogP) is 1.44. The summed E-state index contributed by atoms with van der Waals surface area (Å²) in [7, 11) is 0. The van der Waals surface area contributed by atoms with E-state index in [1.807, 2.05) is 6.07 Å². The lowest BCUT2D eigenvalue weighted by atomic mass is 10.2. The molecule has 0 aliphatic carbocycles. The van der Waals surface area contributed by atoms with Crippen molar-refractivity contribution in [3.8, 4) is 0 Å². The topological polar surface area (TPSA) is 41.0 Å². The summed E-state index contributed by atoms with van der Waals surface area (Å²) >= 11 is 0. The van der Waals surface area contributed by atoms with E-state index < -0.39 is 0 Å². The minimum Gasteiger partial charge on any atom is -0.337 e. The van der Waals surface area contributed by atoms with Gasteiger partial charge in [0, 0.05) is 31.0 Å². The molecule has 1 unspecified atom stereocenters. The Labute approximate surface area is 97.1 Å². The Morgan fingerprint density at radius 2 is 2.19 bits per heavy atom. The highest BCUT2D eigenvalue weighted by Crippen LogP contribution is 2.14. The van der Waals surface area contributed by atoms with Crippen molar-refractivity contribution in [1.82, 2.24) is 15.3 Å². The van der Waals surface area contributed by atoms with Gasteiger partial charge in [0.05, 0.1) is 0 Å². The molecule has 4 nitrogen and oxygen atoms in total. The highest BCUT2D eigenvalue weighted by atomic mass is 15.3. The Morgan fingerprint density at radius 1 is 1.44 bits per heavy atom. The van der Waals surface area contributed by atoms with Gasteiger partial charge >= 0.3 is 0 Å². The molecule has 0 bridgehead atoms. The fraction of sp³-hybridized carbons (Fsp3) is 0.667. The van der Waals surface area contributed by atoms with Crippen LogP contribution in [0.4, 0.5) is 5.95 Å². The van der Waals surface area contributed by atoms with Crippen molar-refractivity contribution in [1.29, 1.82) is 0 Å². The molecule has 0 saturated carbocycles. The van der Waals surface area contributed by atoms with Gasteiger partial charge in [0.1, 0.15) is 0 Å². The molecule has 1 atom stereocenters. The van der Waals surface area contributed by atoms with E-state index in [4.69, 9.17) is 0 Å². The molecule has 0 amide bonds. The Morgan fingerprint density at radius 3 is 2.75 bits per heavy atom. The Hall–Kier alpha value is -1.16. The molecular weight excluding hydrogens is 200 g/mol. The van der Waals surface area contributed by atoms with Gasteiger partial charge in [-0.25, -0.2) is 9.97 Å². The molecule has 1 aliphatic heterocycles. The van der Waals surface area contributed by atoms with E-state index in [0.29, 0.717) is 12.1 Å². The molecule has 1 N–H and O–H groups in total. The van der Waals surface area contributed by atoms with E-state index >= 15 is 0 Å². The first-order valence-electron chi connectivity index (χ1n) is 6.04. The van der Waals surface area contributed by atoms with Crippen molar-refractivity contribution in [2.45, 2.75) is 38.8 Å². The molecule has 2 rings (SSSR count). The number of hydrogen-bond donors (Lipinski definition) is 1. The highest BCUT2D eigenvalue weighted by molar-refractivity contribution is 5.30. The molecule has 0 spiro atoms. The fourth-order valence-corrected chi connectivity index (χ4v) is 2.11. The summed E-state index contributed by atoms with van der Waals surface area (Å²) in [6, 6.07) is 2.88. The van der Waals surface area contributed by atoms with Gasteiger partial charge in [0.25, 0.3) is 0 Å². The van der Waals surface area contributed by atoms with E-state index in [-0.39, 0.29) is 0 Å². The third-order valence-electron chi connectivity index (χ3n) is 3.01. The first-order valence-corrected chi connectivity index (χ1v) is 6.04. The maximum absolute atomic E-state index is 4.33. The Balaban J connectivity index is 2.05. The van der Waals surface area contributed by atoms with E-state index in [2.05, 4.69) is 34.0 Å². The first-order chi connectivity index (χ1) is 7.77. The average molecular weight is 220 g/mol. The van der Waals surface area contributed by atoms with Gasteiger partial charge in [-0.3, -0.25) is 0 Å². The van der Waals surface area contributed by atoms with Gasteiger partial charge in [-0.2, -0.15) is 0 Å². The standard InChI is InChI=1S/C12H20N4/c1-10(2)16(9-11-5-3-6-13-11)12-14-7-4-8-15-12/h4,7-8,10-11,13H,3,5-6,9H2,1-2H3. The Kier molecular flexibility index (Phi) is 3.72. The second-order valence-electron chi connectivity index (χ2n) is 4.59. The van der Waals surface area contributed by atoms with Crippen molar-refractivity contribution < 1.29 is 0 Å². The van der Waals surface area contributed by atoms with Crippen LogP contribution in [0.3, 0.4) is 0 Å². The summed E-state index contributed by atoms with van der Waals surface area (Å²) in [6.07, 6.45) is 6.15. The van der Waals surface area contributed by atoms with Crippen molar-refractivity contribution in [2.24, 2.45) is 0 Å². The number of nitrogens with zero attached hydrogens (tertiary/aromatic N) is 3. The summed E-state index contributed by atoms with van der Waals surface area (Å²) in [6.45, 7) is 6.52. The molecule has 2 heterocycles. The molecule has 88 valence electrons. The van der Waals surface area contributed by atoms with E-state index in [1.165, 1.54) is 12.8 Å². The summed E-state index contributed by atoms with van der Waals surface area (Å²) < 4.78 is 0. The molecule has 1 saturated heterocycles. The zero-order valence-corrected chi connectivity index (χ0v) is 10.1. The third kappa shape index (κ3) is 2.70. The highest BCUT2D eigenvalue weighted by Gasteiger charge is 2.21. The molecular formula is C12H20N4. The van der Waals surface area contributed by atoms with Gasteiger partial charge in [-0.05, 0) is 39.3 Å².